The van der Waals surface area contributed by atoms with E-state index in [1.54, 1.807) is 24.3 Å². The molecule has 1 amide bonds. The fraction of sp³-hybridized carbons (Fsp3) is 0.217. The molecule has 0 radical (unpaired) electrons. The minimum Gasteiger partial charge on any atom is -0.494 e. The van der Waals surface area contributed by atoms with Gasteiger partial charge in [0.15, 0.2) is 0 Å². The molecule has 11 heteroatoms. The van der Waals surface area contributed by atoms with E-state index in [0.717, 1.165) is 32.9 Å². The van der Waals surface area contributed by atoms with Crippen molar-refractivity contribution in [1.82, 2.24) is 9.13 Å². The maximum atomic E-state index is 12.9. The highest BCUT2D eigenvalue weighted by atomic mass is 35.5. The molecule has 0 saturated heterocycles. The Labute approximate surface area is 209 Å². The number of aliphatic imine (C=N–C) groups is 1. The van der Waals surface area contributed by atoms with Crippen LogP contribution in [-0.2, 0) is 25.3 Å². The third-order valence-corrected chi connectivity index (χ3v) is 6.68. The summed E-state index contributed by atoms with van der Waals surface area (Å²) in [6.07, 6.45) is 0.850. The SMILES string of the molecule is CCc1ccc(N=C(SCC(=O)Nc2ccc(Cl)c(Cl)c2)c2c(O)n(C)c(=O)n(C)c2=O)cc1. The van der Waals surface area contributed by atoms with Crippen LogP contribution in [0.4, 0.5) is 11.4 Å². The zero-order valence-corrected chi connectivity index (χ0v) is 21.0. The van der Waals surface area contributed by atoms with Gasteiger partial charge >= 0.3 is 5.69 Å². The van der Waals surface area contributed by atoms with Gasteiger partial charge in [-0.1, -0.05) is 54.0 Å². The van der Waals surface area contributed by atoms with Gasteiger partial charge in [-0.3, -0.25) is 18.7 Å². The fourth-order valence-electron chi connectivity index (χ4n) is 3.01. The third kappa shape index (κ3) is 5.72. The van der Waals surface area contributed by atoms with E-state index in [0.29, 0.717) is 21.4 Å². The molecule has 0 saturated carbocycles. The Kier molecular flexibility index (Phi) is 8.24. The van der Waals surface area contributed by atoms with Gasteiger partial charge < -0.3 is 10.4 Å². The number of halogens is 2. The number of nitrogens with zero attached hydrogens (tertiary/aromatic N) is 3. The van der Waals surface area contributed by atoms with Gasteiger partial charge in [-0.25, -0.2) is 9.79 Å². The number of nitrogens with one attached hydrogen (secondary N) is 1. The number of amides is 1. The first-order chi connectivity index (χ1) is 16.1. The number of aromatic hydroxyl groups is 1. The van der Waals surface area contributed by atoms with Crippen molar-refractivity contribution in [2.45, 2.75) is 13.3 Å². The van der Waals surface area contributed by atoms with Crippen molar-refractivity contribution >= 4 is 57.3 Å². The lowest BCUT2D eigenvalue weighted by molar-refractivity contribution is -0.113. The van der Waals surface area contributed by atoms with E-state index >= 15 is 0 Å². The second-order valence-electron chi connectivity index (χ2n) is 7.31. The molecule has 0 aliphatic carbocycles. The number of aromatic nitrogens is 2. The quantitative estimate of drug-likeness (QED) is 0.375. The summed E-state index contributed by atoms with van der Waals surface area (Å²) in [5.41, 5.74) is 0.517. The molecule has 3 rings (SSSR count). The van der Waals surface area contributed by atoms with Gasteiger partial charge in [0.1, 0.15) is 10.6 Å². The molecule has 2 aromatic carbocycles. The van der Waals surface area contributed by atoms with Crippen molar-refractivity contribution in [2.75, 3.05) is 11.1 Å². The van der Waals surface area contributed by atoms with Crippen LogP contribution in [0.3, 0.4) is 0 Å². The highest BCUT2D eigenvalue weighted by Gasteiger charge is 2.22. The summed E-state index contributed by atoms with van der Waals surface area (Å²) in [7, 11) is 2.65. The molecule has 0 aliphatic rings. The number of aryl methyl sites for hydroxylation is 1. The van der Waals surface area contributed by atoms with Crippen LogP contribution in [0, 0.1) is 0 Å². The maximum Gasteiger partial charge on any atom is 0.333 e. The first-order valence-corrected chi connectivity index (χ1v) is 11.9. The predicted molar refractivity (Wildman–Crippen MR) is 138 cm³/mol. The second kappa shape index (κ2) is 10.9. The van der Waals surface area contributed by atoms with Gasteiger partial charge in [0.2, 0.25) is 11.8 Å². The van der Waals surface area contributed by atoms with Crippen molar-refractivity contribution in [2.24, 2.45) is 19.1 Å². The largest absolute Gasteiger partial charge is 0.494 e. The molecule has 2 N–H and O–H groups in total. The summed E-state index contributed by atoms with van der Waals surface area (Å²) in [5, 5.41) is 14.1. The molecular weight excluding hydrogens is 499 g/mol. The second-order valence-corrected chi connectivity index (χ2v) is 9.09. The summed E-state index contributed by atoms with van der Waals surface area (Å²) in [6.45, 7) is 2.03. The number of hydrogen-bond acceptors (Lipinski definition) is 6. The van der Waals surface area contributed by atoms with E-state index in [2.05, 4.69) is 10.3 Å². The number of thioether (sulfide) groups is 1. The summed E-state index contributed by atoms with van der Waals surface area (Å²) in [6, 6.07) is 12.0. The lowest BCUT2D eigenvalue weighted by atomic mass is 10.1. The predicted octanol–water partition coefficient (Wildman–Crippen LogP) is 4.11. The van der Waals surface area contributed by atoms with E-state index < -0.39 is 23.0 Å². The molecule has 34 heavy (non-hydrogen) atoms. The lowest BCUT2D eigenvalue weighted by Gasteiger charge is -2.13. The number of hydrogen-bond donors (Lipinski definition) is 2. The van der Waals surface area contributed by atoms with E-state index in [9.17, 15) is 19.5 Å². The lowest BCUT2D eigenvalue weighted by Crippen LogP contribution is -2.39. The van der Waals surface area contributed by atoms with Crippen molar-refractivity contribution < 1.29 is 9.90 Å². The monoisotopic (exact) mass is 520 g/mol. The van der Waals surface area contributed by atoms with Crippen molar-refractivity contribution in [3.05, 3.63) is 84.5 Å². The molecule has 0 aliphatic heterocycles. The van der Waals surface area contributed by atoms with Crippen LogP contribution >= 0.6 is 35.0 Å². The van der Waals surface area contributed by atoms with Crippen LogP contribution in [0.2, 0.25) is 10.0 Å². The molecule has 0 atom stereocenters. The summed E-state index contributed by atoms with van der Waals surface area (Å²) in [5.74, 6) is -1.05. The Morgan fingerprint density at radius 3 is 2.35 bits per heavy atom. The Morgan fingerprint density at radius 2 is 1.74 bits per heavy atom. The molecule has 0 spiro atoms. The van der Waals surface area contributed by atoms with E-state index in [-0.39, 0.29) is 16.4 Å². The minimum atomic E-state index is -0.720. The fourth-order valence-corrected chi connectivity index (χ4v) is 4.14. The smallest absolute Gasteiger partial charge is 0.333 e. The van der Waals surface area contributed by atoms with Gasteiger partial charge in [0.05, 0.1) is 21.5 Å². The number of anilines is 1. The summed E-state index contributed by atoms with van der Waals surface area (Å²) >= 11 is 12.9. The number of carbonyl (C=O) groups excluding carboxylic acids is 1. The minimum absolute atomic E-state index is 0.0993. The van der Waals surface area contributed by atoms with E-state index in [1.165, 1.54) is 20.2 Å². The summed E-state index contributed by atoms with van der Waals surface area (Å²) in [4.78, 5) is 42.1. The first kappa shape index (κ1) is 25.6. The Morgan fingerprint density at radius 1 is 1.06 bits per heavy atom. The maximum absolute atomic E-state index is 12.9. The molecule has 0 bridgehead atoms. The molecule has 1 aromatic heterocycles. The molecule has 0 unspecified atom stereocenters. The van der Waals surface area contributed by atoms with Gasteiger partial charge in [0.25, 0.3) is 5.56 Å². The van der Waals surface area contributed by atoms with Gasteiger partial charge in [-0.05, 0) is 42.3 Å². The van der Waals surface area contributed by atoms with Gasteiger partial charge in [-0.15, -0.1) is 0 Å². The zero-order valence-electron chi connectivity index (χ0n) is 18.6. The summed E-state index contributed by atoms with van der Waals surface area (Å²) < 4.78 is 1.82. The van der Waals surface area contributed by atoms with Crippen molar-refractivity contribution in [3.8, 4) is 5.88 Å². The zero-order chi connectivity index (χ0) is 25.0. The molecular formula is C23H22Cl2N4O4S. The van der Waals surface area contributed by atoms with Crippen LogP contribution in [0.1, 0.15) is 18.1 Å². The standard InChI is InChI=1S/C23H22Cl2N4O4S/c1-4-13-5-7-14(8-6-13)27-20(19-21(31)28(2)23(33)29(3)22(19)32)34-12-18(30)26-15-9-10-16(24)17(25)11-15/h5-11,31H,4,12H2,1-3H3,(H,26,30). The highest BCUT2D eigenvalue weighted by Crippen LogP contribution is 2.26. The molecule has 178 valence electrons. The van der Waals surface area contributed by atoms with Gasteiger partial charge in [-0.2, -0.15) is 0 Å². The van der Waals surface area contributed by atoms with Gasteiger partial charge in [0, 0.05) is 19.8 Å². The highest BCUT2D eigenvalue weighted by molar-refractivity contribution is 8.15. The Hall–Kier alpha value is -3.01. The Bertz CT molecular complexity index is 1380. The number of carbonyl (C=O) groups is 1. The average molecular weight is 521 g/mol. The Balaban J connectivity index is 1.96. The topological polar surface area (TPSA) is 106 Å². The van der Waals surface area contributed by atoms with Crippen LogP contribution in [0.25, 0.3) is 0 Å². The first-order valence-electron chi connectivity index (χ1n) is 10.2. The van der Waals surface area contributed by atoms with E-state index in [1.807, 2.05) is 19.1 Å². The van der Waals surface area contributed by atoms with E-state index in [4.69, 9.17) is 23.2 Å². The van der Waals surface area contributed by atoms with Crippen LogP contribution in [-0.4, -0.2) is 30.9 Å². The van der Waals surface area contributed by atoms with Crippen molar-refractivity contribution in [1.29, 1.82) is 0 Å². The van der Waals surface area contributed by atoms with Crippen LogP contribution in [0.5, 0.6) is 5.88 Å². The number of rotatable bonds is 6. The molecule has 3 aromatic rings. The van der Waals surface area contributed by atoms with Crippen LogP contribution < -0.4 is 16.6 Å². The normalized spacial score (nSPS) is 11.5. The molecule has 8 nitrogen and oxygen atoms in total. The van der Waals surface area contributed by atoms with Crippen molar-refractivity contribution in [3.63, 3.8) is 0 Å². The molecule has 1 heterocycles. The van der Waals surface area contributed by atoms with Crippen LogP contribution in [0.15, 0.2) is 57.0 Å². The average Bonchev–Trinajstić information content (AvgIpc) is 2.82. The number of benzene rings is 2. The third-order valence-electron chi connectivity index (χ3n) is 4.97. The molecule has 0 fully saturated rings.